The Kier molecular flexibility index (Phi) is 6.62. The summed E-state index contributed by atoms with van der Waals surface area (Å²) in [7, 11) is 0. The van der Waals surface area contributed by atoms with Crippen molar-refractivity contribution in [2.75, 3.05) is 13.2 Å². The molecular formula is C13H28O4. The average molecular weight is 248 g/mol. The fourth-order valence-electron chi connectivity index (χ4n) is 1.56. The van der Waals surface area contributed by atoms with Crippen molar-refractivity contribution in [1.82, 2.24) is 0 Å². The van der Waals surface area contributed by atoms with E-state index >= 15 is 0 Å². The van der Waals surface area contributed by atoms with Gasteiger partial charge in [-0.1, -0.05) is 20.8 Å². The highest BCUT2D eigenvalue weighted by atomic mass is 16.7. The molecule has 0 aromatic carbocycles. The Morgan fingerprint density at radius 1 is 0.941 bits per heavy atom. The maximum Gasteiger partial charge on any atom is 0.181 e. The number of hydrogen-bond donors (Lipinski definition) is 2. The number of rotatable bonds is 6. The normalized spacial score (nSPS) is 16.9. The van der Waals surface area contributed by atoms with Gasteiger partial charge in [-0.15, -0.1) is 0 Å². The summed E-state index contributed by atoms with van der Waals surface area (Å²) in [6, 6.07) is 0. The maximum absolute atomic E-state index is 9.27. The van der Waals surface area contributed by atoms with Crippen LogP contribution in [0, 0.1) is 5.41 Å². The highest BCUT2D eigenvalue weighted by Crippen LogP contribution is 2.23. The van der Waals surface area contributed by atoms with Gasteiger partial charge < -0.3 is 19.7 Å². The number of hydrogen-bond acceptors (Lipinski definition) is 4. The van der Waals surface area contributed by atoms with Crippen LogP contribution >= 0.6 is 0 Å². The highest BCUT2D eigenvalue weighted by Gasteiger charge is 2.25. The molecule has 0 saturated carbocycles. The molecule has 1 unspecified atom stereocenters. The molecule has 0 aromatic rings. The third-order valence-corrected chi connectivity index (χ3v) is 2.02. The zero-order chi connectivity index (χ0) is 13.7. The standard InChI is InChI=1S/C13H28O4/c1-12(2,3)7-10(8-14)16-11(9-15)17-13(4,5)6/h10-11,14-15H,7-9H2,1-6H3/t10?,11-/m1/s1. The molecular weight excluding hydrogens is 220 g/mol. The molecule has 0 rings (SSSR count). The molecule has 104 valence electrons. The molecule has 0 bridgehead atoms. The summed E-state index contributed by atoms with van der Waals surface area (Å²) in [6.45, 7) is 11.7. The van der Waals surface area contributed by atoms with E-state index in [2.05, 4.69) is 20.8 Å². The minimum atomic E-state index is -0.686. The van der Waals surface area contributed by atoms with Crippen molar-refractivity contribution in [3.8, 4) is 0 Å². The zero-order valence-corrected chi connectivity index (χ0v) is 12.0. The van der Waals surface area contributed by atoms with Crippen LogP contribution in [0.2, 0.25) is 0 Å². The van der Waals surface area contributed by atoms with Crippen LogP contribution in [-0.2, 0) is 9.47 Å². The summed E-state index contributed by atoms with van der Waals surface area (Å²) in [5.74, 6) is 0. The molecule has 0 aliphatic heterocycles. The van der Waals surface area contributed by atoms with Gasteiger partial charge in [0, 0.05) is 0 Å². The smallest absolute Gasteiger partial charge is 0.181 e. The van der Waals surface area contributed by atoms with Gasteiger partial charge in [0.15, 0.2) is 6.29 Å². The maximum atomic E-state index is 9.27. The molecule has 0 aliphatic rings. The van der Waals surface area contributed by atoms with Crippen LogP contribution < -0.4 is 0 Å². The van der Waals surface area contributed by atoms with E-state index < -0.39 is 6.29 Å². The average Bonchev–Trinajstić information content (AvgIpc) is 2.11. The van der Waals surface area contributed by atoms with Crippen molar-refractivity contribution < 1.29 is 19.7 Å². The summed E-state index contributed by atoms with van der Waals surface area (Å²) in [5, 5.41) is 18.5. The number of aliphatic hydroxyl groups excluding tert-OH is 2. The third-order valence-electron chi connectivity index (χ3n) is 2.02. The van der Waals surface area contributed by atoms with Gasteiger partial charge in [-0.05, 0) is 32.6 Å². The first-order valence-electron chi connectivity index (χ1n) is 6.12. The molecule has 0 spiro atoms. The molecule has 2 N–H and O–H groups in total. The summed E-state index contributed by atoms with van der Waals surface area (Å²) < 4.78 is 11.1. The van der Waals surface area contributed by atoms with E-state index in [0.29, 0.717) is 6.42 Å². The van der Waals surface area contributed by atoms with Crippen LogP contribution in [0.4, 0.5) is 0 Å². The molecule has 4 nitrogen and oxygen atoms in total. The second kappa shape index (κ2) is 6.69. The Labute approximate surface area is 105 Å². The van der Waals surface area contributed by atoms with Crippen molar-refractivity contribution in [1.29, 1.82) is 0 Å². The largest absolute Gasteiger partial charge is 0.394 e. The lowest BCUT2D eigenvalue weighted by molar-refractivity contribution is -0.236. The van der Waals surface area contributed by atoms with Gasteiger partial charge in [0.25, 0.3) is 0 Å². The number of ether oxygens (including phenoxy) is 2. The Hall–Kier alpha value is -0.160. The lowest BCUT2D eigenvalue weighted by atomic mass is 9.89. The fraction of sp³-hybridized carbons (Fsp3) is 1.00. The van der Waals surface area contributed by atoms with E-state index in [1.54, 1.807) is 0 Å². The quantitative estimate of drug-likeness (QED) is 0.705. The minimum absolute atomic E-state index is 0.0646. The predicted octanol–water partition coefficient (Wildman–Crippen LogP) is 1.93. The minimum Gasteiger partial charge on any atom is -0.394 e. The van der Waals surface area contributed by atoms with Gasteiger partial charge in [-0.2, -0.15) is 0 Å². The molecule has 4 heteroatoms. The topological polar surface area (TPSA) is 58.9 Å². The van der Waals surface area contributed by atoms with Gasteiger partial charge in [-0.25, -0.2) is 0 Å². The van der Waals surface area contributed by atoms with Crippen LogP contribution in [0.25, 0.3) is 0 Å². The van der Waals surface area contributed by atoms with E-state index in [1.807, 2.05) is 20.8 Å². The van der Waals surface area contributed by atoms with E-state index in [1.165, 1.54) is 0 Å². The summed E-state index contributed by atoms with van der Waals surface area (Å²) in [6.07, 6.45) is -0.281. The molecule has 0 amide bonds. The molecule has 0 saturated heterocycles. The van der Waals surface area contributed by atoms with Crippen molar-refractivity contribution in [3.63, 3.8) is 0 Å². The van der Waals surface area contributed by atoms with Crippen LogP contribution in [0.3, 0.4) is 0 Å². The van der Waals surface area contributed by atoms with E-state index in [9.17, 15) is 10.2 Å². The predicted molar refractivity (Wildman–Crippen MR) is 67.7 cm³/mol. The van der Waals surface area contributed by atoms with Crippen molar-refractivity contribution in [2.24, 2.45) is 5.41 Å². The first kappa shape index (κ1) is 16.8. The van der Waals surface area contributed by atoms with E-state index in [0.717, 1.165) is 0 Å². The van der Waals surface area contributed by atoms with Crippen molar-refractivity contribution >= 4 is 0 Å². The fourth-order valence-corrected chi connectivity index (χ4v) is 1.56. The summed E-state index contributed by atoms with van der Waals surface area (Å²) >= 11 is 0. The van der Waals surface area contributed by atoms with Crippen LogP contribution in [0.1, 0.15) is 48.0 Å². The molecule has 0 fully saturated rings. The van der Waals surface area contributed by atoms with Crippen LogP contribution in [0.15, 0.2) is 0 Å². The van der Waals surface area contributed by atoms with Crippen LogP contribution in [0.5, 0.6) is 0 Å². The zero-order valence-electron chi connectivity index (χ0n) is 12.0. The monoisotopic (exact) mass is 248 g/mol. The lowest BCUT2D eigenvalue weighted by Crippen LogP contribution is -2.37. The lowest BCUT2D eigenvalue weighted by Gasteiger charge is -2.31. The number of aliphatic hydroxyl groups is 2. The summed E-state index contributed by atoms with van der Waals surface area (Å²) in [5.41, 5.74) is -0.315. The Morgan fingerprint density at radius 3 is 1.76 bits per heavy atom. The second-order valence-electron chi connectivity index (χ2n) is 6.55. The Bertz CT molecular complexity index is 180. The summed E-state index contributed by atoms with van der Waals surface area (Å²) in [4.78, 5) is 0. The molecule has 17 heavy (non-hydrogen) atoms. The molecule has 0 radical (unpaired) electrons. The first-order chi connectivity index (χ1) is 7.57. The van der Waals surface area contributed by atoms with Gasteiger partial charge in [0.1, 0.15) is 0 Å². The highest BCUT2D eigenvalue weighted by molar-refractivity contribution is 4.70. The van der Waals surface area contributed by atoms with Gasteiger partial charge >= 0.3 is 0 Å². The molecule has 0 heterocycles. The van der Waals surface area contributed by atoms with Crippen molar-refractivity contribution in [3.05, 3.63) is 0 Å². The second-order valence-corrected chi connectivity index (χ2v) is 6.55. The Balaban J connectivity index is 4.32. The Morgan fingerprint density at radius 2 is 1.47 bits per heavy atom. The molecule has 2 atom stereocenters. The van der Waals surface area contributed by atoms with Gasteiger partial charge in [0.2, 0.25) is 0 Å². The molecule has 0 aromatic heterocycles. The van der Waals surface area contributed by atoms with E-state index in [4.69, 9.17) is 9.47 Å². The first-order valence-corrected chi connectivity index (χ1v) is 6.12. The van der Waals surface area contributed by atoms with E-state index in [-0.39, 0.29) is 30.3 Å². The van der Waals surface area contributed by atoms with Gasteiger partial charge in [-0.3, -0.25) is 0 Å². The SMILES string of the molecule is CC(C)(C)CC(CO)O[C@@H](CO)OC(C)(C)C. The van der Waals surface area contributed by atoms with Crippen molar-refractivity contribution in [2.45, 2.75) is 66.0 Å². The van der Waals surface area contributed by atoms with Gasteiger partial charge in [0.05, 0.1) is 24.9 Å². The van der Waals surface area contributed by atoms with Crippen LogP contribution in [-0.4, -0.2) is 41.4 Å². The molecule has 0 aliphatic carbocycles. The third kappa shape index (κ3) is 9.53.